The highest BCUT2D eigenvalue weighted by molar-refractivity contribution is 5.68. The fourth-order valence-electron chi connectivity index (χ4n) is 2.25. The molecule has 1 aromatic rings. The van der Waals surface area contributed by atoms with Crippen LogP contribution in [0, 0.1) is 0 Å². The standard InChI is InChI=1S/C13H16O4/c1-16-11-6-2-5-10-9(8-12(14)15)4-3-7-17-13(10)11/h2,5-6,9H,3-4,7-8H2,1H3,(H,14,15). The number of aliphatic carboxylic acids is 1. The van der Waals surface area contributed by atoms with Crippen LogP contribution in [0.4, 0.5) is 0 Å². The highest BCUT2D eigenvalue weighted by atomic mass is 16.5. The second-order valence-electron chi connectivity index (χ2n) is 4.16. The Hall–Kier alpha value is -1.71. The summed E-state index contributed by atoms with van der Waals surface area (Å²) in [4.78, 5) is 10.9. The molecule has 0 aromatic heterocycles. The van der Waals surface area contributed by atoms with Gasteiger partial charge in [0.1, 0.15) is 0 Å². The van der Waals surface area contributed by atoms with Crippen LogP contribution in [0.3, 0.4) is 0 Å². The van der Waals surface area contributed by atoms with Gasteiger partial charge in [0, 0.05) is 5.56 Å². The average Bonchev–Trinajstić information content (AvgIpc) is 2.51. The lowest BCUT2D eigenvalue weighted by Crippen LogP contribution is -2.06. The largest absolute Gasteiger partial charge is 0.493 e. The van der Waals surface area contributed by atoms with E-state index in [0.717, 1.165) is 18.4 Å². The molecule has 1 aliphatic rings. The van der Waals surface area contributed by atoms with E-state index in [0.29, 0.717) is 18.1 Å². The van der Waals surface area contributed by atoms with Crippen molar-refractivity contribution in [2.24, 2.45) is 0 Å². The van der Waals surface area contributed by atoms with E-state index < -0.39 is 5.97 Å². The molecule has 0 amide bonds. The number of ether oxygens (including phenoxy) is 2. The molecule has 0 saturated heterocycles. The number of hydrogen-bond acceptors (Lipinski definition) is 3. The normalized spacial score (nSPS) is 18.8. The van der Waals surface area contributed by atoms with Gasteiger partial charge in [-0.2, -0.15) is 0 Å². The van der Waals surface area contributed by atoms with Crippen LogP contribution in [0.1, 0.15) is 30.7 Å². The third kappa shape index (κ3) is 2.52. The summed E-state index contributed by atoms with van der Waals surface area (Å²) in [5, 5.41) is 8.94. The van der Waals surface area contributed by atoms with Crippen LogP contribution in [-0.2, 0) is 4.79 Å². The molecule has 1 unspecified atom stereocenters. The summed E-state index contributed by atoms with van der Waals surface area (Å²) in [6, 6.07) is 5.64. The Morgan fingerprint density at radius 1 is 1.59 bits per heavy atom. The van der Waals surface area contributed by atoms with Gasteiger partial charge in [0.25, 0.3) is 0 Å². The van der Waals surface area contributed by atoms with Crippen LogP contribution in [0.15, 0.2) is 18.2 Å². The number of para-hydroxylation sites is 1. The van der Waals surface area contributed by atoms with E-state index in [9.17, 15) is 4.79 Å². The summed E-state index contributed by atoms with van der Waals surface area (Å²) in [7, 11) is 1.59. The van der Waals surface area contributed by atoms with Crippen molar-refractivity contribution in [3.8, 4) is 11.5 Å². The summed E-state index contributed by atoms with van der Waals surface area (Å²) in [5.74, 6) is 0.629. The number of fused-ring (bicyclic) bond motifs is 1. The average molecular weight is 236 g/mol. The molecule has 92 valence electrons. The predicted molar refractivity (Wildman–Crippen MR) is 62.7 cm³/mol. The minimum absolute atomic E-state index is 0.0140. The first-order valence-electron chi connectivity index (χ1n) is 5.74. The van der Waals surface area contributed by atoms with Crippen molar-refractivity contribution in [2.75, 3.05) is 13.7 Å². The van der Waals surface area contributed by atoms with Crippen LogP contribution in [0.25, 0.3) is 0 Å². The van der Waals surface area contributed by atoms with E-state index in [1.54, 1.807) is 7.11 Å². The first-order valence-corrected chi connectivity index (χ1v) is 5.74. The van der Waals surface area contributed by atoms with E-state index in [2.05, 4.69) is 0 Å². The zero-order valence-corrected chi connectivity index (χ0v) is 9.81. The van der Waals surface area contributed by atoms with E-state index in [4.69, 9.17) is 14.6 Å². The zero-order valence-electron chi connectivity index (χ0n) is 9.81. The molecule has 0 fully saturated rings. The van der Waals surface area contributed by atoms with E-state index >= 15 is 0 Å². The van der Waals surface area contributed by atoms with Crippen molar-refractivity contribution < 1.29 is 19.4 Å². The van der Waals surface area contributed by atoms with Gasteiger partial charge in [-0.1, -0.05) is 12.1 Å². The molecule has 0 radical (unpaired) electrons. The number of methoxy groups -OCH3 is 1. The van der Waals surface area contributed by atoms with Gasteiger partial charge in [0.05, 0.1) is 20.1 Å². The van der Waals surface area contributed by atoms with Gasteiger partial charge in [-0.3, -0.25) is 4.79 Å². The van der Waals surface area contributed by atoms with Gasteiger partial charge < -0.3 is 14.6 Å². The highest BCUT2D eigenvalue weighted by Crippen LogP contribution is 2.40. The Kier molecular flexibility index (Phi) is 3.52. The smallest absolute Gasteiger partial charge is 0.303 e. The first kappa shape index (κ1) is 11.8. The molecule has 1 aromatic carbocycles. The van der Waals surface area contributed by atoms with E-state index in [-0.39, 0.29) is 12.3 Å². The summed E-state index contributed by atoms with van der Waals surface area (Å²) in [5.41, 5.74) is 0.948. The lowest BCUT2D eigenvalue weighted by Gasteiger charge is -2.16. The topological polar surface area (TPSA) is 55.8 Å². The highest BCUT2D eigenvalue weighted by Gasteiger charge is 2.24. The fraction of sp³-hybridized carbons (Fsp3) is 0.462. The summed E-state index contributed by atoms with van der Waals surface area (Å²) in [6.07, 6.45) is 1.85. The SMILES string of the molecule is COc1cccc2c1OCCCC2CC(=O)O. The number of carbonyl (C=O) groups is 1. The molecule has 0 spiro atoms. The number of carboxylic acids is 1. The zero-order chi connectivity index (χ0) is 12.3. The second-order valence-corrected chi connectivity index (χ2v) is 4.16. The van der Waals surface area contributed by atoms with Crippen LogP contribution in [-0.4, -0.2) is 24.8 Å². The maximum absolute atomic E-state index is 10.9. The molecule has 4 heteroatoms. The minimum Gasteiger partial charge on any atom is -0.493 e. The predicted octanol–water partition coefficient (Wildman–Crippen LogP) is 2.43. The van der Waals surface area contributed by atoms with Crippen LogP contribution < -0.4 is 9.47 Å². The Balaban J connectivity index is 2.38. The van der Waals surface area contributed by atoms with Crippen molar-refractivity contribution >= 4 is 5.97 Å². The van der Waals surface area contributed by atoms with Crippen molar-refractivity contribution in [1.29, 1.82) is 0 Å². The number of carboxylic acid groups (broad SMARTS) is 1. The van der Waals surface area contributed by atoms with Gasteiger partial charge >= 0.3 is 5.97 Å². The lowest BCUT2D eigenvalue weighted by molar-refractivity contribution is -0.137. The second kappa shape index (κ2) is 5.08. The summed E-state index contributed by atoms with van der Waals surface area (Å²) >= 11 is 0. The molecule has 17 heavy (non-hydrogen) atoms. The third-order valence-electron chi connectivity index (χ3n) is 3.03. The number of rotatable bonds is 3. The molecule has 4 nitrogen and oxygen atoms in total. The first-order chi connectivity index (χ1) is 8.22. The van der Waals surface area contributed by atoms with Crippen LogP contribution in [0.2, 0.25) is 0 Å². The van der Waals surface area contributed by atoms with Gasteiger partial charge in [-0.05, 0) is 24.8 Å². The van der Waals surface area contributed by atoms with Crippen molar-refractivity contribution in [1.82, 2.24) is 0 Å². The maximum Gasteiger partial charge on any atom is 0.303 e. The maximum atomic E-state index is 10.9. The van der Waals surface area contributed by atoms with Crippen molar-refractivity contribution in [2.45, 2.75) is 25.2 Å². The van der Waals surface area contributed by atoms with Crippen LogP contribution in [0.5, 0.6) is 11.5 Å². The Morgan fingerprint density at radius 2 is 2.41 bits per heavy atom. The molecule has 1 aliphatic heterocycles. The van der Waals surface area contributed by atoms with Crippen molar-refractivity contribution in [3.05, 3.63) is 23.8 Å². The summed E-state index contributed by atoms with van der Waals surface area (Å²) < 4.78 is 10.9. The molecule has 0 aliphatic carbocycles. The van der Waals surface area contributed by atoms with Gasteiger partial charge in [0.2, 0.25) is 0 Å². The molecular formula is C13H16O4. The van der Waals surface area contributed by atoms with Crippen molar-refractivity contribution in [3.63, 3.8) is 0 Å². The Labute approximate surface area is 100 Å². The fourth-order valence-corrected chi connectivity index (χ4v) is 2.25. The molecule has 0 bridgehead atoms. The number of hydrogen-bond donors (Lipinski definition) is 1. The molecule has 0 saturated carbocycles. The van der Waals surface area contributed by atoms with E-state index in [1.165, 1.54) is 0 Å². The molecule has 1 atom stereocenters. The van der Waals surface area contributed by atoms with Gasteiger partial charge in [-0.15, -0.1) is 0 Å². The number of benzene rings is 1. The minimum atomic E-state index is -0.773. The molecular weight excluding hydrogens is 220 g/mol. The Bertz CT molecular complexity index is 414. The van der Waals surface area contributed by atoms with Gasteiger partial charge in [0.15, 0.2) is 11.5 Å². The Morgan fingerprint density at radius 3 is 3.12 bits per heavy atom. The molecule has 1 heterocycles. The monoisotopic (exact) mass is 236 g/mol. The molecule has 2 rings (SSSR count). The molecule has 1 N–H and O–H groups in total. The van der Waals surface area contributed by atoms with Crippen LogP contribution >= 0.6 is 0 Å². The van der Waals surface area contributed by atoms with E-state index in [1.807, 2.05) is 18.2 Å². The summed E-state index contributed by atoms with van der Waals surface area (Å²) in [6.45, 7) is 0.615. The third-order valence-corrected chi connectivity index (χ3v) is 3.03. The quantitative estimate of drug-likeness (QED) is 0.875. The lowest BCUT2D eigenvalue weighted by atomic mass is 9.91. The van der Waals surface area contributed by atoms with Gasteiger partial charge in [-0.25, -0.2) is 0 Å².